The lowest BCUT2D eigenvalue weighted by molar-refractivity contribution is -0.139. The molecule has 1 atom stereocenters. The second kappa shape index (κ2) is 12.6. The largest absolute Gasteiger partial charge is 0.497 e. The topological polar surface area (TPSA) is 88.4 Å². The molecule has 222 valence electrons. The van der Waals surface area contributed by atoms with Crippen LogP contribution < -0.4 is 29.1 Å². The average molecular weight is 607 g/mol. The third-order valence-corrected chi connectivity index (χ3v) is 7.81. The van der Waals surface area contributed by atoms with Crippen LogP contribution in [0.1, 0.15) is 36.6 Å². The number of carbonyl (C=O) groups excluding carboxylic acids is 1. The van der Waals surface area contributed by atoms with Crippen molar-refractivity contribution in [1.29, 1.82) is 0 Å². The van der Waals surface area contributed by atoms with Crippen molar-refractivity contribution in [3.8, 4) is 17.2 Å². The summed E-state index contributed by atoms with van der Waals surface area (Å²) in [6, 6.07) is 14.7. The molecular formula is C32H28F2N2O6S. The fourth-order valence-electron chi connectivity index (χ4n) is 4.79. The fraction of sp³-hybridized carbons (Fsp3) is 0.219. The Kier molecular flexibility index (Phi) is 8.72. The molecule has 2 heterocycles. The summed E-state index contributed by atoms with van der Waals surface area (Å²) in [5.41, 5.74) is 2.35. The second-order valence-corrected chi connectivity index (χ2v) is 10.5. The van der Waals surface area contributed by atoms with E-state index >= 15 is 0 Å². The average Bonchev–Trinajstić information content (AvgIpc) is 3.30. The Balaban J connectivity index is 1.57. The second-order valence-electron chi connectivity index (χ2n) is 9.51. The zero-order valence-electron chi connectivity index (χ0n) is 23.9. The van der Waals surface area contributed by atoms with Crippen LogP contribution in [0.2, 0.25) is 0 Å². The van der Waals surface area contributed by atoms with E-state index in [9.17, 15) is 18.4 Å². The first kappa shape index (κ1) is 29.7. The zero-order chi connectivity index (χ0) is 30.7. The summed E-state index contributed by atoms with van der Waals surface area (Å²) in [4.78, 5) is 32.0. The highest BCUT2D eigenvalue weighted by Gasteiger charge is 2.33. The lowest BCUT2D eigenvalue weighted by Crippen LogP contribution is -2.39. The minimum absolute atomic E-state index is 0.0613. The first-order valence-electron chi connectivity index (χ1n) is 13.3. The van der Waals surface area contributed by atoms with Crippen LogP contribution in [0.25, 0.3) is 6.08 Å². The van der Waals surface area contributed by atoms with Crippen LogP contribution in [0, 0.1) is 11.6 Å². The predicted octanol–water partition coefficient (Wildman–Crippen LogP) is 4.67. The Morgan fingerprint density at radius 3 is 2.44 bits per heavy atom. The number of hydrogen-bond donors (Lipinski definition) is 0. The van der Waals surface area contributed by atoms with Gasteiger partial charge in [-0.15, -0.1) is 0 Å². The van der Waals surface area contributed by atoms with Crippen LogP contribution in [0.15, 0.2) is 81.7 Å². The van der Waals surface area contributed by atoms with Crippen molar-refractivity contribution in [2.45, 2.75) is 26.5 Å². The molecule has 0 fully saturated rings. The fourth-order valence-corrected chi connectivity index (χ4v) is 5.84. The summed E-state index contributed by atoms with van der Waals surface area (Å²) in [5, 5.41) is 0. The molecule has 0 unspecified atom stereocenters. The quantitative estimate of drug-likeness (QED) is 0.258. The number of fused-ring (bicyclic) bond motifs is 1. The molecule has 0 bridgehead atoms. The molecule has 0 saturated carbocycles. The van der Waals surface area contributed by atoms with E-state index in [2.05, 4.69) is 4.99 Å². The molecule has 0 radical (unpaired) electrons. The normalized spacial score (nSPS) is 14.7. The van der Waals surface area contributed by atoms with Crippen molar-refractivity contribution >= 4 is 23.4 Å². The number of thiazole rings is 1. The predicted molar refractivity (Wildman–Crippen MR) is 157 cm³/mol. The molecule has 0 N–H and O–H groups in total. The maximum Gasteiger partial charge on any atom is 0.338 e. The lowest BCUT2D eigenvalue weighted by atomic mass is 9.96. The number of rotatable bonds is 9. The molecule has 43 heavy (non-hydrogen) atoms. The van der Waals surface area contributed by atoms with Crippen molar-refractivity contribution in [1.82, 2.24) is 4.57 Å². The minimum Gasteiger partial charge on any atom is -0.497 e. The summed E-state index contributed by atoms with van der Waals surface area (Å²) in [6.07, 6.45) is 1.71. The van der Waals surface area contributed by atoms with E-state index in [-0.39, 0.29) is 30.1 Å². The molecule has 0 aliphatic carbocycles. The number of nitrogens with zero attached hydrogens (tertiary/aromatic N) is 2. The maximum atomic E-state index is 14.1. The molecule has 0 saturated heterocycles. The molecule has 1 aliphatic rings. The van der Waals surface area contributed by atoms with Crippen molar-refractivity contribution in [2.24, 2.45) is 4.99 Å². The van der Waals surface area contributed by atoms with Gasteiger partial charge in [0.2, 0.25) is 0 Å². The Labute approximate surface area is 249 Å². The standard InChI is InChI=1S/C32H28F2N2O6S/c1-5-41-31(38)28-18(2)35-32-36(29(28)20-7-10-23(39-3)11-8-20)30(37)27(43-32)15-19-6-12-25(40-4)21(14-19)17-42-26-13-9-22(33)16-24(26)34/h6-16,29H,5,17H2,1-4H3/b27-15-/t29-/m0/s1. The molecule has 4 aromatic rings. The molecule has 1 aromatic heterocycles. The SMILES string of the molecule is CCOC(=O)C1=C(C)N=c2s/c(=C\c3ccc(OC)c(COc4ccc(F)cc4F)c3)c(=O)n2[C@H]1c1ccc(OC)cc1. The monoisotopic (exact) mass is 606 g/mol. The highest BCUT2D eigenvalue weighted by molar-refractivity contribution is 7.07. The van der Waals surface area contributed by atoms with Gasteiger partial charge in [-0.2, -0.15) is 0 Å². The molecule has 8 nitrogen and oxygen atoms in total. The Hall–Kier alpha value is -4.77. The van der Waals surface area contributed by atoms with Gasteiger partial charge in [-0.3, -0.25) is 9.36 Å². The van der Waals surface area contributed by atoms with Gasteiger partial charge in [-0.1, -0.05) is 29.5 Å². The van der Waals surface area contributed by atoms with Crippen LogP contribution in [0.4, 0.5) is 8.78 Å². The maximum absolute atomic E-state index is 14.1. The Bertz CT molecular complexity index is 1900. The molecule has 0 amide bonds. The lowest BCUT2D eigenvalue weighted by Gasteiger charge is -2.24. The van der Waals surface area contributed by atoms with Gasteiger partial charge in [0.15, 0.2) is 16.4 Å². The molecule has 1 aliphatic heterocycles. The molecule has 5 rings (SSSR count). The van der Waals surface area contributed by atoms with Gasteiger partial charge in [0.05, 0.1) is 42.7 Å². The number of hydrogen-bond acceptors (Lipinski definition) is 8. The van der Waals surface area contributed by atoms with Crippen LogP contribution in [0.5, 0.6) is 17.2 Å². The highest BCUT2D eigenvalue weighted by atomic mass is 32.1. The van der Waals surface area contributed by atoms with E-state index in [1.54, 1.807) is 69.5 Å². The number of benzene rings is 3. The zero-order valence-corrected chi connectivity index (χ0v) is 24.7. The summed E-state index contributed by atoms with van der Waals surface area (Å²) in [7, 11) is 3.06. The summed E-state index contributed by atoms with van der Waals surface area (Å²) in [6.45, 7) is 3.55. The Morgan fingerprint density at radius 2 is 1.77 bits per heavy atom. The van der Waals surface area contributed by atoms with Gasteiger partial charge >= 0.3 is 5.97 Å². The third kappa shape index (κ3) is 6.07. The van der Waals surface area contributed by atoms with Crippen LogP contribution in [-0.2, 0) is 16.1 Å². The van der Waals surface area contributed by atoms with Crippen molar-refractivity contribution in [2.75, 3.05) is 20.8 Å². The minimum atomic E-state index is -0.819. The van der Waals surface area contributed by atoms with Gasteiger partial charge in [0, 0.05) is 11.6 Å². The van der Waals surface area contributed by atoms with Gasteiger partial charge in [0.1, 0.15) is 23.9 Å². The van der Waals surface area contributed by atoms with Crippen LogP contribution in [-0.4, -0.2) is 31.4 Å². The van der Waals surface area contributed by atoms with E-state index in [1.165, 1.54) is 29.1 Å². The smallest absolute Gasteiger partial charge is 0.338 e. The van der Waals surface area contributed by atoms with Crippen molar-refractivity contribution in [3.05, 3.63) is 120 Å². The number of methoxy groups -OCH3 is 2. The first-order chi connectivity index (χ1) is 20.7. The number of carbonyl (C=O) groups is 1. The van der Waals surface area contributed by atoms with Crippen molar-refractivity contribution < 1.29 is 32.5 Å². The summed E-state index contributed by atoms with van der Waals surface area (Å²) < 4.78 is 51.0. The number of aromatic nitrogens is 1. The van der Waals surface area contributed by atoms with Gasteiger partial charge in [0.25, 0.3) is 5.56 Å². The molecular weight excluding hydrogens is 578 g/mol. The van der Waals surface area contributed by atoms with Gasteiger partial charge in [-0.25, -0.2) is 18.6 Å². The van der Waals surface area contributed by atoms with Crippen LogP contribution in [0.3, 0.4) is 0 Å². The third-order valence-electron chi connectivity index (χ3n) is 6.83. The van der Waals surface area contributed by atoms with E-state index in [4.69, 9.17) is 18.9 Å². The van der Waals surface area contributed by atoms with E-state index < -0.39 is 23.6 Å². The van der Waals surface area contributed by atoms with Gasteiger partial charge in [-0.05, 0) is 67.4 Å². The van der Waals surface area contributed by atoms with E-state index in [0.717, 1.165) is 12.1 Å². The summed E-state index contributed by atoms with van der Waals surface area (Å²) >= 11 is 1.19. The van der Waals surface area contributed by atoms with E-state index in [0.29, 0.717) is 43.2 Å². The molecule has 0 spiro atoms. The molecule has 3 aromatic carbocycles. The number of allylic oxidation sites excluding steroid dienone is 1. The number of halogens is 2. The van der Waals surface area contributed by atoms with Gasteiger partial charge < -0.3 is 18.9 Å². The summed E-state index contributed by atoms with van der Waals surface area (Å²) in [5.74, 6) is -1.04. The Morgan fingerprint density at radius 1 is 1.02 bits per heavy atom. The highest BCUT2D eigenvalue weighted by Crippen LogP contribution is 2.32. The first-order valence-corrected chi connectivity index (χ1v) is 14.1. The molecule has 11 heteroatoms. The number of esters is 1. The van der Waals surface area contributed by atoms with E-state index in [1.807, 2.05) is 0 Å². The van der Waals surface area contributed by atoms with Crippen LogP contribution >= 0.6 is 11.3 Å². The number of ether oxygens (including phenoxy) is 4. The van der Waals surface area contributed by atoms with Crippen molar-refractivity contribution in [3.63, 3.8) is 0 Å².